The Labute approximate surface area is 184 Å². The van der Waals surface area contributed by atoms with Crippen molar-refractivity contribution >= 4 is 22.6 Å². The molecule has 5 rings (SSSR count). The quantitative estimate of drug-likeness (QED) is 0.369. The normalized spacial score (nSPS) is 10.8. The first-order valence-corrected chi connectivity index (χ1v) is 10.2. The van der Waals surface area contributed by atoms with Gasteiger partial charge in [-0.1, -0.05) is 72.8 Å². The van der Waals surface area contributed by atoms with E-state index in [1.165, 1.54) is 12.1 Å². The fraction of sp³-hybridized carbons (Fsp3) is 0. The SMILES string of the molecule is O=C(Nc1ccccc1F)c1ccc2nc(-c3ccccc3)c(-c3ccccc3)nc2c1. The van der Waals surface area contributed by atoms with Gasteiger partial charge in [-0.2, -0.15) is 0 Å². The summed E-state index contributed by atoms with van der Waals surface area (Å²) in [5, 5.41) is 2.61. The summed E-state index contributed by atoms with van der Waals surface area (Å²) < 4.78 is 13.9. The Bertz CT molecular complexity index is 1420. The van der Waals surface area contributed by atoms with Gasteiger partial charge in [0.15, 0.2) is 0 Å². The maximum absolute atomic E-state index is 13.9. The zero-order chi connectivity index (χ0) is 21.9. The van der Waals surface area contributed by atoms with E-state index in [1.807, 2.05) is 60.7 Å². The Balaban J connectivity index is 1.60. The van der Waals surface area contributed by atoms with Crippen LogP contribution in [0.15, 0.2) is 103 Å². The third kappa shape index (κ3) is 3.84. The smallest absolute Gasteiger partial charge is 0.255 e. The van der Waals surface area contributed by atoms with Gasteiger partial charge in [0.2, 0.25) is 0 Å². The zero-order valence-electron chi connectivity index (χ0n) is 17.0. The summed E-state index contributed by atoms with van der Waals surface area (Å²) in [7, 11) is 0. The van der Waals surface area contributed by atoms with Crippen molar-refractivity contribution in [3.8, 4) is 22.5 Å². The van der Waals surface area contributed by atoms with Crippen LogP contribution in [0.3, 0.4) is 0 Å². The van der Waals surface area contributed by atoms with Gasteiger partial charge in [0, 0.05) is 16.7 Å². The largest absolute Gasteiger partial charge is 0.319 e. The van der Waals surface area contributed by atoms with Crippen LogP contribution < -0.4 is 5.32 Å². The highest BCUT2D eigenvalue weighted by Gasteiger charge is 2.15. The molecule has 0 saturated carbocycles. The Morgan fingerprint density at radius 1 is 0.656 bits per heavy atom. The van der Waals surface area contributed by atoms with Crippen LogP contribution >= 0.6 is 0 Å². The molecule has 5 heteroatoms. The van der Waals surface area contributed by atoms with Gasteiger partial charge >= 0.3 is 0 Å². The molecule has 0 aliphatic rings. The Kier molecular flexibility index (Phi) is 5.14. The van der Waals surface area contributed by atoms with Gasteiger partial charge in [-0.15, -0.1) is 0 Å². The number of hydrogen-bond donors (Lipinski definition) is 1. The molecular weight excluding hydrogens is 401 g/mol. The summed E-state index contributed by atoms with van der Waals surface area (Å²) in [5.74, 6) is -0.896. The van der Waals surface area contributed by atoms with Crippen molar-refractivity contribution in [1.29, 1.82) is 0 Å². The van der Waals surface area contributed by atoms with Gasteiger partial charge in [-0.25, -0.2) is 14.4 Å². The molecule has 5 aromatic rings. The Hall–Kier alpha value is -4.38. The van der Waals surface area contributed by atoms with Crippen LogP contribution in [0.2, 0.25) is 0 Å². The summed E-state index contributed by atoms with van der Waals surface area (Å²) in [6.45, 7) is 0. The lowest BCUT2D eigenvalue weighted by Gasteiger charge is -2.12. The molecule has 1 aromatic heterocycles. The van der Waals surface area contributed by atoms with E-state index in [9.17, 15) is 9.18 Å². The summed E-state index contributed by atoms with van der Waals surface area (Å²) >= 11 is 0. The topological polar surface area (TPSA) is 54.9 Å². The number of rotatable bonds is 4. The number of benzene rings is 4. The maximum Gasteiger partial charge on any atom is 0.255 e. The van der Waals surface area contributed by atoms with Gasteiger partial charge in [-0.05, 0) is 30.3 Å². The van der Waals surface area contributed by atoms with Crippen molar-refractivity contribution in [2.75, 3.05) is 5.32 Å². The average Bonchev–Trinajstić information content (AvgIpc) is 2.85. The van der Waals surface area contributed by atoms with Crippen molar-refractivity contribution in [3.63, 3.8) is 0 Å². The van der Waals surface area contributed by atoms with Crippen molar-refractivity contribution in [3.05, 3.63) is 115 Å². The number of para-hydroxylation sites is 1. The van der Waals surface area contributed by atoms with Gasteiger partial charge in [-0.3, -0.25) is 4.79 Å². The average molecular weight is 419 g/mol. The van der Waals surface area contributed by atoms with Crippen LogP contribution in [-0.4, -0.2) is 15.9 Å². The summed E-state index contributed by atoms with van der Waals surface area (Å²) in [6, 6.07) is 30.9. The summed E-state index contributed by atoms with van der Waals surface area (Å²) in [5.41, 5.74) is 5.17. The molecule has 0 spiro atoms. The number of nitrogens with zero attached hydrogens (tertiary/aromatic N) is 2. The molecule has 1 heterocycles. The predicted molar refractivity (Wildman–Crippen MR) is 125 cm³/mol. The molecule has 0 aliphatic carbocycles. The number of carbonyl (C=O) groups is 1. The fourth-order valence-electron chi connectivity index (χ4n) is 3.55. The minimum Gasteiger partial charge on any atom is -0.319 e. The highest BCUT2D eigenvalue weighted by Crippen LogP contribution is 2.31. The Morgan fingerprint density at radius 2 is 1.22 bits per heavy atom. The highest BCUT2D eigenvalue weighted by molar-refractivity contribution is 6.06. The molecule has 32 heavy (non-hydrogen) atoms. The van der Waals surface area contributed by atoms with Crippen molar-refractivity contribution < 1.29 is 9.18 Å². The predicted octanol–water partition coefficient (Wildman–Crippen LogP) is 6.36. The van der Waals surface area contributed by atoms with E-state index in [1.54, 1.807) is 30.3 Å². The lowest BCUT2D eigenvalue weighted by molar-refractivity contribution is 0.102. The van der Waals surface area contributed by atoms with E-state index in [0.29, 0.717) is 16.6 Å². The zero-order valence-corrected chi connectivity index (χ0v) is 17.0. The number of halogens is 1. The standard InChI is InChI=1S/C27H18FN3O/c28-21-13-7-8-14-22(21)31-27(32)20-15-16-23-24(17-20)30-26(19-11-5-2-6-12-19)25(29-23)18-9-3-1-4-10-18/h1-17H,(H,31,32). The van der Waals surface area contributed by atoms with E-state index in [2.05, 4.69) is 5.32 Å². The Morgan fingerprint density at radius 3 is 1.84 bits per heavy atom. The molecule has 0 aliphatic heterocycles. The number of anilines is 1. The van der Waals surface area contributed by atoms with Gasteiger partial charge in [0.25, 0.3) is 5.91 Å². The second-order valence-electron chi connectivity index (χ2n) is 7.29. The summed E-state index contributed by atoms with van der Waals surface area (Å²) in [6.07, 6.45) is 0. The molecule has 1 amide bonds. The van der Waals surface area contributed by atoms with Crippen LogP contribution in [-0.2, 0) is 0 Å². The molecule has 4 aromatic carbocycles. The third-order valence-electron chi connectivity index (χ3n) is 5.14. The number of hydrogen-bond acceptors (Lipinski definition) is 3. The van der Waals surface area contributed by atoms with E-state index >= 15 is 0 Å². The van der Waals surface area contributed by atoms with Gasteiger partial charge in [0.05, 0.1) is 28.1 Å². The molecule has 0 unspecified atom stereocenters. The molecule has 154 valence electrons. The minimum absolute atomic E-state index is 0.132. The molecule has 0 saturated heterocycles. The third-order valence-corrected chi connectivity index (χ3v) is 5.14. The lowest BCUT2D eigenvalue weighted by atomic mass is 10.0. The highest BCUT2D eigenvalue weighted by atomic mass is 19.1. The molecule has 0 bridgehead atoms. The second kappa shape index (κ2) is 8.40. The van der Waals surface area contributed by atoms with Crippen LogP contribution in [0.25, 0.3) is 33.5 Å². The minimum atomic E-state index is -0.486. The monoisotopic (exact) mass is 419 g/mol. The number of aromatic nitrogens is 2. The van der Waals surface area contributed by atoms with Crippen LogP contribution in [0, 0.1) is 5.82 Å². The first-order chi connectivity index (χ1) is 15.7. The number of nitrogens with one attached hydrogen (secondary N) is 1. The molecule has 0 atom stereocenters. The van der Waals surface area contributed by atoms with E-state index in [-0.39, 0.29) is 5.69 Å². The maximum atomic E-state index is 13.9. The van der Waals surface area contributed by atoms with Gasteiger partial charge in [0.1, 0.15) is 5.82 Å². The number of carbonyl (C=O) groups excluding carboxylic acids is 1. The first kappa shape index (κ1) is 19.6. The second-order valence-corrected chi connectivity index (χ2v) is 7.29. The molecule has 0 radical (unpaired) electrons. The van der Waals surface area contributed by atoms with Crippen LogP contribution in [0.4, 0.5) is 10.1 Å². The van der Waals surface area contributed by atoms with Gasteiger partial charge < -0.3 is 5.32 Å². The van der Waals surface area contributed by atoms with E-state index in [0.717, 1.165) is 22.5 Å². The number of amides is 1. The van der Waals surface area contributed by atoms with Crippen molar-refractivity contribution in [2.45, 2.75) is 0 Å². The van der Waals surface area contributed by atoms with Crippen molar-refractivity contribution in [2.24, 2.45) is 0 Å². The molecular formula is C27H18FN3O. The molecule has 4 nitrogen and oxygen atoms in total. The molecule has 1 N–H and O–H groups in total. The van der Waals surface area contributed by atoms with Crippen molar-refractivity contribution in [1.82, 2.24) is 9.97 Å². The van der Waals surface area contributed by atoms with E-state index in [4.69, 9.17) is 9.97 Å². The van der Waals surface area contributed by atoms with Crippen LogP contribution in [0.5, 0.6) is 0 Å². The number of fused-ring (bicyclic) bond motifs is 1. The van der Waals surface area contributed by atoms with E-state index < -0.39 is 11.7 Å². The lowest BCUT2D eigenvalue weighted by Crippen LogP contribution is -2.13. The summed E-state index contributed by atoms with van der Waals surface area (Å²) in [4.78, 5) is 22.5. The van der Waals surface area contributed by atoms with Crippen LogP contribution in [0.1, 0.15) is 10.4 Å². The first-order valence-electron chi connectivity index (χ1n) is 10.2. The molecule has 0 fully saturated rings. The fourth-order valence-corrected chi connectivity index (χ4v) is 3.55.